The van der Waals surface area contributed by atoms with Crippen molar-refractivity contribution < 1.29 is 0 Å². The van der Waals surface area contributed by atoms with Crippen molar-refractivity contribution in [2.75, 3.05) is 0 Å². The Bertz CT molecular complexity index is 3140. The van der Waals surface area contributed by atoms with E-state index in [0.717, 1.165) is 85.4 Å². The van der Waals surface area contributed by atoms with Crippen LogP contribution in [0.4, 0.5) is 0 Å². The summed E-state index contributed by atoms with van der Waals surface area (Å²) < 4.78 is 2.22. The molecule has 3 aromatic carbocycles. The molecule has 2 aliphatic rings. The second-order valence-corrected chi connectivity index (χ2v) is 27.8. The van der Waals surface area contributed by atoms with Gasteiger partial charge >= 0.3 is 0 Å². The second kappa shape index (κ2) is 17.2. The molecule has 0 radical (unpaired) electrons. The van der Waals surface area contributed by atoms with Crippen LogP contribution in [0.2, 0.25) is 0 Å². The van der Waals surface area contributed by atoms with E-state index in [4.69, 9.17) is 9.97 Å². The van der Waals surface area contributed by atoms with Gasteiger partial charge < -0.3 is 9.97 Å². The molecule has 3 aromatic heterocycles. The van der Waals surface area contributed by atoms with Crippen molar-refractivity contribution in [1.29, 1.82) is 0 Å². The number of hydrogen-bond acceptors (Lipinski definition) is 2. The molecule has 0 spiro atoms. The van der Waals surface area contributed by atoms with Gasteiger partial charge in [-0.25, -0.2) is 9.97 Å². The lowest BCUT2D eigenvalue weighted by atomic mass is 9.78. The van der Waals surface area contributed by atoms with Gasteiger partial charge in [-0.3, -0.25) is 0 Å². The number of benzene rings is 3. The largest absolute Gasteiger partial charge is 0.354 e. The van der Waals surface area contributed by atoms with Crippen LogP contribution in [0.1, 0.15) is 181 Å². The molecule has 0 saturated heterocycles. The van der Waals surface area contributed by atoms with E-state index in [1.807, 2.05) is 0 Å². The lowest BCUT2D eigenvalue weighted by Gasteiger charge is -2.26. The molecule has 0 saturated carbocycles. The number of hydrogen-bond donors (Lipinski definition) is 2. The van der Waals surface area contributed by atoms with E-state index in [1.165, 1.54) is 33.4 Å². The SMILES string of the molecule is CC(C)(C)c1cc(-c2c3nc(c(-c4cc(C(C)(C)C)cc(C(C)(C)C)c4)c4ccc([nH]4)c(-c4cc(C(C)(C)C)cc(C(C)(C)C)c4)c4nc(cc5[nH]c2cc5I)C(I)=C4)C=C3)cc(C(C)(C)C)c1. The van der Waals surface area contributed by atoms with Crippen LogP contribution in [0.5, 0.6) is 0 Å². The molecule has 4 nitrogen and oxygen atoms in total. The maximum absolute atomic E-state index is 5.75. The minimum absolute atomic E-state index is 0.0617. The summed E-state index contributed by atoms with van der Waals surface area (Å²) >= 11 is 4.98. The minimum Gasteiger partial charge on any atom is -0.354 e. The van der Waals surface area contributed by atoms with Crippen LogP contribution in [-0.2, 0) is 32.5 Å². The molecule has 8 bridgehead atoms. The fourth-order valence-corrected chi connectivity index (χ4v) is 10.2. The predicted octanol–water partition coefficient (Wildman–Crippen LogP) is 18.8. The van der Waals surface area contributed by atoms with E-state index in [0.29, 0.717) is 0 Å². The van der Waals surface area contributed by atoms with E-state index in [1.54, 1.807) is 0 Å². The van der Waals surface area contributed by atoms with Crippen LogP contribution < -0.4 is 0 Å². The Morgan fingerprint density at radius 2 is 0.676 bits per heavy atom. The van der Waals surface area contributed by atoms with Gasteiger partial charge in [0, 0.05) is 40.4 Å². The highest BCUT2D eigenvalue weighted by atomic mass is 127. The van der Waals surface area contributed by atoms with Crippen molar-refractivity contribution in [1.82, 2.24) is 19.9 Å². The summed E-state index contributed by atoms with van der Waals surface area (Å²) in [5, 5.41) is 0. The number of halogens is 2. The van der Waals surface area contributed by atoms with Gasteiger partial charge in [-0.15, -0.1) is 0 Å². The van der Waals surface area contributed by atoms with E-state index in [9.17, 15) is 0 Å². The number of nitrogens with one attached hydrogen (secondary N) is 2. The first kappa shape index (κ1) is 50.1. The van der Waals surface area contributed by atoms with Crippen LogP contribution in [0, 0.1) is 3.57 Å². The molecule has 0 aliphatic carbocycles. The number of H-pyrrole nitrogens is 2. The van der Waals surface area contributed by atoms with Crippen LogP contribution in [0.3, 0.4) is 0 Å². The summed E-state index contributed by atoms with van der Waals surface area (Å²) in [5.74, 6) is 0. The summed E-state index contributed by atoms with van der Waals surface area (Å²) in [6.07, 6.45) is 6.74. The number of nitrogens with zero attached hydrogens (tertiary/aromatic N) is 2. The number of rotatable bonds is 3. The zero-order chi connectivity index (χ0) is 49.8. The van der Waals surface area contributed by atoms with Gasteiger partial charge in [-0.05, 0) is 170 Å². The van der Waals surface area contributed by atoms with Crippen molar-refractivity contribution in [2.45, 2.75) is 157 Å². The molecule has 68 heavy (non-hydrogen) atoms. The molecule has 0 unspecified atom stereocenters. The van der Waals surface area contributed by atoms with Crippen molar-refractivity contribution in [3.63, 3.8) is 0 Å². The van der Waals surface area contributed by atoms with E-state index in [-0.39, 0.29) is 32.5 Å². The van der Waals surface area contributed by atoms with Crippen LogP contribution in [0.15, 0.2) is 78.9 Å². The molecule has 0 atom stereocenters. The molecule has 0 amide bonds. The smallest absolute Gasteiger partial charge is 0.0792 e. The number of fused-ring (bicyclic) bond motifs is 8. The number of aromatic amines is 2. The average molecular weight is 1130 g/mol. The summed E-state index contributed by atoms with van der Waals surface area (Å²) in [7, 11) is 0. The molecule has 354 valence electrons. The highest BCUT2D eigenvalue weighted by Gasteiger charge is 2.28. The Labute approximate surface area is 434 Å². The normalized spacial score (nSPS) is 13.9. The second-order valence-electron chi connectivity index (χ2n) is 25.5. The van der Waals surface area contributed by atoms with Crippen molar-refractivity contribution in [3.05, 3.63) is 139 Å². The maximum Gasteiger partial charge on any atom is 0.0792 e. The minimum atomic E-state index is -0.0776. The Balaban J connectivity index is 1.61. The molecule has 2 N–H and O–H groups in total. The van der Waals surface area contributed by atoms with Gasteiger partial charge in [0.05, 0.1) is 28.3 Å². The molecule has 0 fully saturated rings. The third-order valence-electron chi connectivity index (χ3n) is 13.6. The van der Waals surface area contributed by atoms with Crippen LogP contribution in [0.25, 0.3) is 77.3 Å². The quantitative estimate of drug-likeness (QED) is 0.173. The fraction of sp³-hybridized carbons (Fsp3) is 0.387. The summed E-state index contributed by atoms with van der Waals surface area (Å²) in [6, 6.07) is 30.6. The van der Waals surface area contributed by atoms with Gasteiger partial charge in [0.2, 0.25) is 0 Å². The van der Waals surface area contributed by atoms with Gasteiger partial charge in [0.15, 0.2) is 0 Å². The van der Waals surface area contributed by atoms with Gasteiger partial charge in [-0.1, -0.05) is 179 Å². The molecular weight excluding hydrogens is 1050 g/mol. The Hall–Kier alpha value is -4.28. The molecule has 8 rings (SSSR count). The summed E-state index contributed by atoms with van der Waals surface area (Å²) in [5.41, 5.74) is 21.9. The Kier molecular flexibility index (Phi) is 12.7. The van der Waals surface area contributed by atoms with Crippen LogP contribution >= 0.6 is 45.2 Å². The Morgan fingerprint density at radius 1 is 0.353 bits per heavy atom. The van der Waals surface area contributed by atoms with Gasteiger partial charge in [0.1, 0.15) is 0 Å². The first-order chi connectivity index (χ1) is 31.3. The third-order valence-corrected chi connectivity index (χ3v) is 15.3. The molecule has 2 aliphatic heterocycles. The Morgan fingerprint density at radius 3 is 1.03 bits per heavy atom. The van der Waals surface area contributed by atoms with Crippen LogP contribution in [-0.4, -0.2) is 19.9 Å². The summed E-state index contributed by atoms with van der Waals surface area (Å²) in [4.78, 5) is 19.3. The monoisotopic (exact) mass is 1130 g/mol. The lowest BCUT2D eigenvalue weighted by molar-refractivity contribution is 0.568. The van der Waals surface area contributed by atoms with Gasteiger partial charge in [0.25, 0.3) is 0 Å². The molecule has 5 heterocycles. The molecular formula is C62H72I2N4. The van der Waals surface area contributed by atoms with Crippen molar-refractivity contribution in [2.24, 2.45) is 0 Å². The van der Waals surface area contributed by atoms with E-state index in [2.05, 4.69) is 277 Å². The fourth-order valence-electron chi connectivity index (χ4n) is 9.03. The zero-order valence-corrected chi connectivity index (χ0v) is 48.2. The summed E-state index contributed by atoms with van der Waals surface area (Å²) in [6.45, 7) is 41.6. The topological polar surface area (TPSA) is 57.4 Å². The van der Waals surface area contributed by atoms with Crippen molar-refractivity contribution >= 4 is 89.1 Å². The third kappa shape index (κ3) is 10.2. The lowest BCUT2D eigenvalue weighted by Crippen LogP contribution is -2.16. The predicted molar refractivity (Wildman–Crippen MR) is 313 cm³/mol. The standard InChI is InChI=1S/C62H72I2N4/c1-57(2,3)38-23-35(24-39(29-38)58(4,5)6)54-46-19-21-48(65-46)55(36-25-40(59(7,8)9)30-41(26-36)60(10,11)12)52-32-44(63)50(67-52)34-51-45(64)33-53(68-51)56(49-22-20-47(54)66-49)37-27-42(61(13,14)15)31-43(28-37)62(16,17)18/h19-34,65,68H,1-18H3. The molecule has 6 aromatic rings. The first-order valence-corrected chi connectivity index (χ1v) is 26.4. The molecule has 6 heteroatoms. The highest BCUT2D eigenvalue weighted by Crippen LogP contribution is 2.44. The van der Waals surface area contributed by atoms with E-state index < -0.39 is 0 Å². The highest BCUT2D eigenvalue weighted by molar-refractivity contribution is 14.1. The maximum atomic E-state index is 5.75. The van der Waals surface area contributed by atoms with E-state index >= 15 is 0 Å². The number of aromatic nitrogens is 4. The average Bonchev–Trinajstić information content (AvgIpc) is 4.02. The van der Waals surface area contributed by atoms with Gasteiger partial charge in [-0.2, -0.15) is 0 Å². The zero-order valence-electron chi connectivity index (χ0n) is 43.9. The van der Waals surface area contributed by atoms with Crippen molar-refractivity contribution in [3.8, 4) is 33.4 Å². The first-order valence-electron chi connectivity index (χ1n) is 24.3.